The van der Waals surface area contributed by atoms with Crippen LogP contribution in [0.1, 0.15) is 22.3 Å². The first-order valence-corrected chi connectivity index (χ1v) is 12.0. The third-order valence-corrected chi connectivity index (χ3v) is 6.48. The molecule has 0 radical (unpaired) electrons. The predicted octanol–water partition coefficient (Wildman–Crippen LogP) is 5.91. The van der Waals surface area contributed by atoms with Crippen LogP contribution in [-0.4, -0.2) is 33.5 Å². The second-order valence-electron chi connectivity index (χ2n) is 8.29. The van der Waals surface area contributed by atoms with Crippen LogP contribution >= 0.6 is 11.8 Å². The van der Waals surface area contributed by atoms with Crippen molar-refractivity contribution >= 4 is 23.4 Å². The molecular formula is C27H28N4O2S. The quantitative estimate of drug-likeness (QED) is 0.339. The number of amides is 1. The Balaban J connectivity index is 1.64. The normalized spacial score (nSPS) is 10.9. The molecule has 0 aliphatic rings. The lowest BCUT2D eigenvalue weighted by Crippen LogP contribution is -2.16. The third-order valence-electron chi connectivity index (χ3n) is 5.55. The summed E-state index contributed by atoms with van der Waals surface area (Å²) >= 11 is 1.35. The van der Waals surface area contributed by atoms with E-state index in [0.717, 1.165) is 33.6 Å². The molecule has 0 spiro atoms. The van der Waals surface area contributed by atoms with Crippen LogP contribution in [0.3, 0.4) is 0 Å². The molecule has 3 aromatic carbocycles. The number of ether oxygens (including phenoxy) is 1. The van der Waals surface area contributed by atoms with E-state index in [4.69, 9.17) is 4.74 Å². The molecule has 1 heterocycles. The minimum absolute atomic E-state index is 0.0858. The van der Waals surface area contributed by atoms with Gasteiger partial charge in [0.1, 0.15) is 5.75 Å². The van der Waals surface area contributed by atoms with Crippen LogP contribution in [0.2, 0.25) is 0 Å². The van der Waals surface area contributed by atoms with Gasteiger partial charge in [0.05, 0.1) is 18.4 Å². The fourth-order valence-electron chi connectivity index (χ4n) is 3.98. The number of aromatic nitrogens is 3. The average Bonchev–Trinajstić information content (AvgIpc) is 3.24. The van der Waals surface area contributed by atoms with Crippen molar-refractivity contribution in [3.63, 3.8) is 0 Å². The lowest BCUT2D eigenvalue weighted by atomic mass is 10.1. The Kier molecular flexibility index (Phi) is 7.03. The minimum atomic E-state index is -0.0858. The van der Waals surface area contributed by atoms with Gasteiger partial charge in [-0.1, -0.05) is 59.3 Å². The molecule has 0 aliphatic heterocycles. The minimum Gasteiger partial charge on any atom is -0.496 e. The number of rotatable bonds is 7. The number of hydrogen-bond acceptors (Lipinski definition) is 5. The molecule has 0 aliphatic carbocycles. The van der Waals surface area contributed by atoms with Crippen LogP contribution in [0.15, 0.2) is 65.8 Å². The van der Waals surface area contributed by atoms with E-state index in [1.54, 1.807) is 7.11 Å². The molecule has 174 valence electrons. The van der Waals surface area contributed by atoms with Gasteiger partial charge in [0.15, 0.2) is 11.0 Å². The highest BCUT2D eigenvalue weighted by Crippen LogP contribution is 2.33. The van der Waals surface area contributed by atoms with E-state index in [1.807, 2.05) is 73.9 Å². The molecule has 0 saturated carbocycles. The molecule has 7 heteroatoms. The number of nitrogens with zero attached hydrogens (tertiary/aromatic N) is 3. The van der Waals surface area contributed by atoms with Crippen LogP contribution in [0.25, 0.3) is 17.1 Å². The first-order valence-electron chi connectivity index (χ1n) is 11.0. The summed E-state index contributed by atoms with van der Waals surface area (Å²) in [5, 5.41) is 12.6. The number of nitrogens with one attached hydrogen (secondary N) is 1. The number of carbonyl (C=O) groups excluding carboxylic acids is 1. The van der Waals surface area contributed by atoms with Gasteiger partial charge in [-0.05, 0) is 63.1 Å². The molecule has 0 saturated heterocycles. The topological polar surface area (TPSA) is 69.0 Å². The van der Waals surface area contributed by atoms with E-state index in [1.165, 1.54) is 17.3 Å². The van der Waals surface area contributed by atoms with Gasteiger partial charge in [0, 0.05) is 11.4 Å². The van der Waals surface area contributed by atoms with Crippen LogP contribution in [0.5, 0.6) is 5.75 Å². The lowest BCUT2D eigenvalue weighted by molar-refractivity contribution is -0.113. The smallest absolute Gasteiger partial charge is 0.234 e. The summed E-state index contributed by atoms with van der Waals surface area (Å²) in [6.07, 6.45) is 0. The summed E-state index contributed by atoms with van der Waals surface area (Å²) in [5.74, 6) is 1.50. The summed E-state index contributed by atoms with van der Waals surface area (Å²) in [7, 11) is 1.64. The molecular weight excluding hydrogens is 444 g/mol. The van der Waals surface area contributed by atoms with Gasteiger partial charge < -0.3 is 10.1 Å². The molecule has 34 heavy (non-hydrogen) atoms. The summed E-state index contributed by atoms with van der Waals surface area (Å²) in [4.78, 5) is 12.8. The molecule has 4 aromatic rings. The zero-order chi connectivity index (χ0) is 24.2. The van der Waals surface area contributed by atoms with Gasteiger partial charge in [-0.25, -0.2) is 0 Å². The molecule has 0 atom stereocenters. The van der Waals surface area contributed by atoms with Crippen LogP contribution < -0.4 is 10.1 Å². The van der Waals surface area contributed by atoms with Crippen molar-refractivity contribution in [3.8, 4) is 22.8 Å². The summed E-state index contributed by atoms with van der Waals surface area (Å²) in [5.41, 5.74) is 7.07. The first-order chi connectivity index (χ1) is 16.4. The molecule has 1 amide bonds. The summed E-state index contributed by atoms with van der Waals surface area (Å²) in [6, 6.07) is 20.0. The number of benzene rings is 3. The van der Waals surface area contributed by atoms with Crippen molar-refractivity contribution < 1.29 is 9.53 Å². The van der Waals surface area contributed by atoms with Gasteiger partial charge in [-0.15, -0.1) is 10.2 Å². The van der Waals surface area contributed by atoms with Crippen molar-refractivity contribution in [3.05, 3.63) is 82.9 Å². The number of aryl methyl sites for hydroxylation is 4. The highest BCUT2D eigenvalue weighted by atomic mass is 32.2. The van der Waals surface area contributed by atoms with Crippen LogP contribution in [0.4, 0.5) is 5.69 Å². The van der Waals surface area contributed by atoms with Gasteiger partial charge in [-0.2, -0.15) is 0 Å². The SMILES string of the molecule is COc1ccccc1-c1nnc(SCC(=O)Nc2c(C)cc(C)cc2C)n1-c1ccc(C)cc1. The van der Waals surface area contributed by atoms with Crippen LogP contribution in [-0.2, 0) is 4.79 Å². The molecule has 0 fully saturated rings. The van der Waals surface area contributed by atoms with E-state index in [9.17, 15) is 4.79 Å². The zero-order valence-corrected chi connectivity index (χ0v) is 20.9. The Bertz CT molecular complexity index is 1310. The number of anilines is 1. The van der Waals surface area contributed by atoms with E-state index in [0.29, 0.717) is 16.7 Å². The maximum Gasteiger partial charge on any atom is 0.234 e. The fraction of sp³-hybridized carbons (Fsp3) is 0.222. The summed E-state index contributed by atoms with van der Waals surface area (Å²) in [6.45, 7) is 8.12. The zero-order valence-electron chi connectivity index (χ0n) is 20.0. The highest BCUT2D eigenvalue weighted by molar-refractivity contribution is 7.99. The maximum absolute atomic E-state index is 12.8. The number of para-hydroxylation sites is 1. The molecule has 4 rings (SSSR count). The second-order valence-corrected chi connectivity index (χ2v) is 9.23. The standard InChI is InChI=1S/C27H28N4O2S/c1-17-10-12-21(13-11-17)31-26(22-8-6-7-9-23(22)33-5)29-30-27(31)34-16-24(32)28-25-19(3)14-18(2)15-20(25)4/h6-15H,16H2,1-5H3,(H,28,32). The molecule has 1 N–H and O–H groups in total. The lowest BCUT2D eigenvalue weighted by Gasteiger charge is -2.14. The maximum atomic E-state index is 12.8. The molecule has 6 nitrogen and oxygen atoms in total. The Morgan fingerprint density at radius 1 is 0.941 bits per heavy atom. The van der Waals surface area contributed by atoms with Gasteiger partial charge in [0.2, 0.25) is 5.91 Å². The molecule has 1 aromatic heterocycles. The van der Waals surface area contributed by atoms with Gasteiger partial charge in [-0.3, -0.25) is 9.36 Å². The largest absolute Gasteiger partial charge is 0.496 e. The number of thioether (sulfide) groups is 1. The average molecular weight is 473 g/mol. The number of carbonyl (C=O) groups is 1. The van der Waals surface area contributed by atoms with E-state index >= 15 is 0 Å². The highest BCUT2D eigenvalue weighted by Gasteiger charge is 2.20. The third kappa shape index (κ3) is 4.99. The Morgan fingerprint density at radius 3 is 2.29 bits per heavy atom. The molecule has 0 unspecified atom stereocenters. The van der Waals surface area contributed by atoms with Crippen molar-refractivity contribution in [1.82, 2.24) is 14.8 Å². The van der Waals surface area contributed by atoms with Crippen molar-refractivity contribution in [1.29, 1.82) is 0 Å². The molecule has 0 bridgehead atoms. The van der Waals surface area contributed by atoms with Gasteiger partial charge in [0.25, 0.3) is 0 Å². The summed E-state index contributed by atoms with van der Waals surface area (Å²) < 4.78 is 7.53. The van der Waals surface area contributed by atoms with Crippen molar-refractivity contribution in [2.75, 3.05) is 18.2 Å². The Hall–Kier alpha value is -3.58. The Morgan fingerprint density at radius 2 is 1.62 bits per heavy atom. The number of hydrogen-bond donors (Lipinski definition) is 1. The first kappa shape index (κ1) is 23.6. The van der Waals surface area contributed by atoms with E-state index in [2.05, 4.69) is 34.6 Å². The van der Waals surface area contributed by atoms with E-state index in [-0.39, 0.29) is 11.7 Å². The Labute approximate surface area is 204 Å². The number of methoxy groups -OCH3 is 1. The van der Waals surface area contributed by atoms with Crippen LogP contribution in [0, 0.1) is 27.7 Å². The predicted molar refractivity (Wildman–Crippen MR) is 138 cm³/mol. The van der Waals surface area contributed by atoms with Crippen molar-refractivity contribution in [2.45, 2.75) is 32.9 Å². The fourth-order valence-corrected chi connectivity index (χ4v) is 4.73. The van der Waals surface area contributed by atoms with E-state index < -0.39 is 0 Å². The van der Waals surface area contributed by atoms with Crippen molar-refractivity contribution in [2.24, 2.45) is 0 Å². The second kappa shape index (κ2) is 10.1. The van der Waals surface area contributed by atoms with Gasteiger partial charge >= 0.3 is 0 Å². The monoisotopic (exact) mass is 472 g/mol.